The number of aryl methyl sites for hydroxylation is 2. The van der Waals surface area contributed by atoms with E-state index in [4.69, 9.17) is 4.42 Å². The van der Waals surface area contributed by atoms with Crippen LogP contribution in [0.25, 0.3) is 11.6 Å². The smallest absolute Gasteiger partial charge is 0.176 e. The molecule has 0 aliphatic heterocycles. The zero-order valence-electron chi connectivity index (χ0n) is 10.8. The van der Waals surface area contributed by atoms with Crippen LogP contribution in [0.5, 0.6) is 0 Å². The Bertz CT molecular complexity index is 536. The minimum absolute atomic E-state index is 0.176. The van der Waals surface area contributed by atoms with Gasteiger partial charge in [0.2, 0.25) is 0 Å². The molecule has 1 aliphatic carbocycles. The van der Waals surface area contributed by atoms with Crippen molar-refractivity contribution in [3.05, 3.63) is 29.8 Å². The molecule has 1 aliphatic rings. The molecular formula is C14H18N2O2. The largest absolute Gasteiger partial charge is 0.458 e. The highest BCUT2D eigenvalue weighted by atomic mass is 16.3. The number of rotatable bonds is 2. The molecule has 1 saturated carbocycles. The van der Waals surface area contributed by atoms with Crippen molar-refractivity contribution in [2.75, 3.05) is 0 Å². The molecule has 1 fully saturated rings. The predicted molar refractivity (Wildman–Crippen MR) is 68.3 cm³/mol. The van der Waals surface area contributed by atoms with E-state index in [0.29, 0.717) is 6.04 Å². The molecule has 2 heterocycles. The van der Waals surface area contributed by atoms with Crippen molar-refractivity contribution >= 4 is 0 Å². The Hall–Kier alpha value is -1.55. The van der Waals surface area contributed by atoms with E-state index in [-0.39, 0.29) is 6.10 Å². The maximum absolute atomic E-state index is 9.65. The molecule has 0 spiro atoms. The Morgan fingerprint density at radius 2 is 2.22 bits per heavy atom. The predicted octanol–water partition coefficient (Wildman–Crippen LogP) is 2.85. The molecule has 0 aromatic carbocycles. The van der Waals surface area contributed by atoms with Crippen LogP contribution in [0.15, 0.2) is 22.9 Å². The fourth-order valence-electron chi connectivity index (χ4n) is 2.67. The summed E-state index contributed by atoms with van der Waals surface area (Å²) in [5, 5.41) is 9.65. The van der Waals surface area contributed by atoms with Gasteiger partial charge < -0.3 is 14.1 Å². The van der Waals surface area contributed by atoms with Crippen molar-refractivity contribution in [2.45, 2.75) is 45.3 Å². The second-order valence-corrected chi connectivity index (χ2v) is 5.13. The maximum atomic E-state index is 9.65. The molecule has 2 aromatic heterocycles. The third kappa shape index (κ3) is 1.86. The molecule has 0 bridgehead atoms. The lowest BCUT2D eigenvalue weighted by molar-refractivity contribution is 0.178. The van der Waals surface area contributed by atoms with Crippen LogP contribution in [0.2, 0.25) is 0 Å². The van der Waals surface area contributed by atoms with Crippen molar-refractivity contribution in [3.63, 3.8) is 0 Å². The molecule has 0 saturated heterocycles. The third-order valence-electron chi connectivity index (χ3n) is 3.83. The molecular weight excluding hydrogens is 228 g/mol. The van der Waals surface area contributed by atoms with Gasteiger partial charge >= 0.3 is 0 Å². The standard InChI is InChI=1S/C14H18N2O2/c1-9-7-13(18-10(9)2)14-15-5-6-16(14)11-3-4-12(17)8-11/h5-7,11-12,17H,3-4,8H2,1-2H3/t11-,12+/m1/s1. The summed E-state index contributed by atoms with van der Waals surface area (Å²) < 4.78 is 7.87. The van der Waals surface area contributed by atoms with Gasteiger partial charge in [-0.2, -0.15) is 0 Å². The molecule has 4 nitrogen and oxygen atoms in total. The first-order valence-corrected chi connectivity index (χ1v) is 6.43. The molecule has 0 unspecified atom stereocenters. The van der Waals surface area contributed by atoms with E-state index >= 15 is 0 Å². The number of aromatic nitrogens is 2. The van der Waals surface area contributed by atoms with Crippen LogP contribution in [0.4, 0.5) is 0 Å². The average Bonchev–Trinajstić information content (AvgIpc) is 3.00. The van der Waals surface area contributed by atoms with Crippen LogP contribution >= 0.6 is 0 Å². The minimum atomic E-state index is -0.176. The van der Waals surface area contributed by atoms with Crippen LogP contribution in [0.3, 0.4) is 0 Å². The van der Waals surface area contributed by atoms with Crippen molar-refractivity contribution in [1.82, 2.24) is 9.55 Å². The summed E-state index contributed by atoms with van der Waals surface area (Å²) in [4.78, 5) is 4.40. The van der Waals surface area contributed by atoms with Crippen LogP contribution in [-0.4, -0.2) is 20.8 Å². The molecule has 2 aromatic rings. The van der Waals surface area contributed by atoms with Gasteiger partial charge in [-0.15, -0.1) is 0 Å². The van der Waals surface area contributed by atoms with Crippen LogP contribution < -0.4 is 0 Å². The number of aliphatic hydroxyl groups excluding tert-OH is 1. The van der Waals surface area contributed by atoms with Crippen molar-refractivity contribution in [2.24, 2.45) is 0 Å². The Kier molecular flexibility index (Phi) is 2.74. The number of hydrogen-bond acceptors (Lipinski definition) is 3. The topological polar surface area (TPSA) is 51.2 Å². The van der Waals surface area contributed by atoms with E-state index in [2.05, 4.69) is 9.55 Å². The SMILES string of the molecule is Cc1cc(-c2nccn2[C@@H]2CC[C@H](O)C2)oc1C. The van der Waals surface area contributed by atoms with Crippen molar-refractivity contribution in [1.29, 1.82) is 0 Å². The zero-order chi connectivity index (χ0) is 12.7. The first kappa shape index (κ1) is 11.5. The van der Waals surface area contributed by atoms with E-state index in [0.717, 1.165) is 42.2 Å². The van der Waals surface area contributed by atoms with Crippen molar-refractivity contribution in [3.8, 4) is 11.6 Å². The van der Waals surface area contributed by atoms with Gasteiger partial charge in [0.25, 0.3) is 0 Å². The molecule has 18 heavy (non-hydrogen) atoms. The fourth-order valence-corrected chi connectivity index (χ4v) is 2.67. The van der Waals surface area contributed by atoms with Crippen LogP contribution in [0, 0.1) is 13.8 Å². The van der Waals surface area contributed by atoms with E-state index in [1.807, 2.05) is 26.1 Å². The second-order valence-electron chi connectivity index (χ2n) is 5.13. The fraction of sp³-hybridized carbons (Fsp3) is 0.500. The highest BCUT2D eigenvalue weighted by Crippen LogP contribution is 2.34. The Morgan fingerprint density at radius 3 is 2.83 bits per heavy atom. The Labute approximate surface area is 106 Å². The lowest BCUT2D eigenvalue weighted by atomic mass is 10.2. The molecule has 96 valence electrons. The number of hydrogen-bond donors (Lipinski definition) is 1. The van der Waals surface area contributed by atoms with Crippen molar-refractivity contribution < 1.29 is 9.52 Å². The molecule has 3 rings (SSSR count). The Balaban J connectivity index is 1.96. The van der Waals surface area contributed by atoms with E-state index < -0.39 is 0 Å². The normalized spacial score (nSPS) is 23.7. The summed E-state index contributed by atoms with van der Waals surface area (Å²) in [5.41, 5.74) is 1.14. The lowest BCUT2D eigenvalue weighted by Crippen LogP contribution is -2.07. The maximum Gasteiger partial charge on any atom is 0.176 e. The van der Waals surface area contributed by atoms with E-state index in [1.54, 1.807) is 6.20 Å². The molecule has 0 radical (unpaired) electrons. The molecule has 1 N–H and O–H groups in total. The average molecular weight is 246 g/mol. The lowest BCUT2D eigenvalue weighted by Gasteiger charge is -2.13. The summed E-state index contributed by atoms with van der Waals surface area (Å²) >= 11 is 0. The van der Waals surface area contributed by atoms with Crippen LogP contribution in [-0.2, 0) is 0 Å². The van der Waals surface area contributed by atoms with Gasteiger partial charge in [0.1, 0.15) is 5.76 Å². The number of nitrogens with zero attached hydrogens (tertiary/aromatic N) is 2. The van der Waals surface area contributed by atoms with Gasteiger partial charge in [-0.3, -0.25) is 0 Å². The molecule has 0 amide bonds. The first-order valence-electron chi connectivity index (χ1n) is 6.43. The summed E-state index contributed by atoms with van der Waals surface area (Å²) in [6.07, 6.45) is 6.28. The summed E-state index contributed by atoms with van der Waals surface area (Å²) in [5.74, 6) is 2.62. The van der Waals surface area contributed by atoms with Gasteiger partial charge in [0.05, 0.1) is 6.10 Å². The summed E-state index contributed by atoms with van der Waals surface area (Å²) in [6, 6.07) is 2.36. The van der Waals surface area contributed by atoms with Crippen LogP contribution in [0.1, 0.15) is 36.6 Å². The van der Waals surface area contributed by atoms with Gasteiger partial charge in [-0.1, -0.05) is 0 Å². The highest BCUT2D eigenvalue weighted by Gasteiger charge is 2.26. The summed E-state index contributed by atoms with van der Waals surface area (Å²) in [7, 11) is 0. The number of aliphatic hydroxyl groups is 1. The first-order chi connectivity index (χ1) is 8.65. The van der Waals surface area contributed by atoms with Gasteiger partial charge in [0, 0.05) is 18.4 Å². The van der Waals surface area contributed by atoms with Gasteiger partial charge in [-0.25, -0.2) is 4.98 Å². The monoisotopic (exact) mass is 246 g/mol. The third-order valence-corrected chi connectivity index (χ3v) is 3.83. The number of imidazole rings is 1. The summed E-state index contributed by atoms with van der Waals surface area (Å²) in [6.45, 7) is 4.00. The molecule has 2 atom stereocenters. The molecule has 4 heteroatoms. The quantitative estimate of drug-likeness (QED) is 0.886. The van der Waals surface area contributed by atoms with Gasteiger partial charge in [0.15, 0.2) is 11.6 Å². The minimum Gasteiger partial charge on any atom is -0.458 e. The number of furan rings is 1. The highest BCUT2D eigenvalue weighted by molar-refractivity contribution is 5.50. The van der Waals surface area contributed by atoms with E-state index in [9.17, 15) is 5.11 Å². The zero-order valence-corrected chi connectivity index (χ0v) is 10.8. The second kappa shape index (κ2) is 4.28. The van der Waals surface area contributed by atoms with Gasteiger partial charge in [-0.05, 0) is 44.7 Å². The Morgan fingerprint density at radius 1 is 1.39 bits per heavy atom. The van der Waals surface area contributed by atoms with E-state index in [1.165, 1.54) is 0 Å².